The standard InChI is InChI=1S/C50H41N/c1-3-16-37(17-4-1)44-25-9-11-30-48(44)51(41-34-32-39(33-35-41)43-27-13-21-36-20-7-8-24-42(36)43)49-31-12-10-26-46(49)47-29-15-23-40-22-14-28-45(50(40)47)38-18-5-2-6-19-38/h1,3-4,7-17,20-35,38H,2,5-6,18-19H2. The summed E-state index contributed by atoms with van der Waals surface area (Å²) >= 11 is 0. The van der Waals surface area contributed by atoms with Crippen LogP contribution in [-0.2, 0) is 0 Å². The van der Waals surface area contributed by atoms with Crippen LogP contribution in [0.5, 0.6) is 0 Å². The van der Waals surface area contributed by atoms with Crippen molar-refractivity contribution in [2.45, 2.75) is 38.0 Å². The normalized spacial score (nSPS) is 13.4. The molecule has 0 radical (unpaired) electrons. The Bertz CT molecular complexity index is 2440. The molecule has 1 nitrogen and oxygen atoms in total. The van der Waals surface area contributed by atoms with E-state index in [0.29, 0.717) is 5.92 Å². The molecule has 246 valence electrons. The molecule has 1 aliphatic rings. The highest BCUT2D eigenvalue weighted by Gasteiger charge is 2.24. The first-order valence-electron chi connectivity index (χ1n) is 18.5. The highest BCUT2D eigenvalue weighted by atomic mass is 15.1. The third-order valence-corrected chi connectivity index (χ3v) is 10.9. The van der Waals surface area contributed by atoms with Gasteiger partial charge >= 0.3 is 0 Å². The van der Waals surface area contributed by atoms with Gasteiger partial charge in [-0.2, -0.15) is 0 Å². The van der Waals surface area contributed by atoms with Crippen LogP contribution in [0.15, 0.2) is 182 Å². The Kier molecular flexibility index (Phi) is 8.39. The molecule has 1 aliphatic carbocycles. The van der Waals surface area contributed by atoms with E-state index in [0.717, 1.165) is 11.4 Å². The summed E-state index contributed by atoms with van der Waals surface area (Å²) in [6, 6.07) is 66.9. The van der Waals surface area contributed by atoms with Crippen molar-refractivity contribution in [2.24, 2.45) is 0 Å². The molecule has 0 bridgehead atoms. The van der Waals surface area contributed by atoms with E-state index < -0.39 is 0 Å². The summed E-state index contributed by atoms with van der Waals surface area (Å²) < 4.78 is 0. The zero-order chi connectivity index (χ0) is 34.0. The number of hydrogen-bond acceptors (Lipinski definition) is 1. The van der Waals surface area contributed by atoms with Crippen LogP contribution < -0.4 is 4.90 Å². The zero-order valence-electron chi connectivity index (χ0n) is 28.9. The Balaban J connectivity index is 1.26. The quantitative estimate of drug-likeness (QED) is 0.165. The Hall–Kier alpha value is -5.92. The molecule has 8 aromatic carbocycles. The highest BCUT2D eigenvalue weighted by Crippen LogP contribution is 2.47. The minimum Gasteiger partial charge on any atom is -0.309 e. The lowest BCUT2D eigenvalue weighted by Gasteiger charge is -2.31. The van der Waals surface area contributed by atoms with E-state index in [4.69, 9.17) is 0 Å². The van der Waals surface area contributed by atoms with E-state index in [2.05, 4.69) is 187 Å². The number of rotatable bonds is 7. The predicted octanol–water partition coefficient (Wildman–Crippen LogP) is 14.5. The maximum atomic E-state index is 2.48. The first kappa shape index (κ1) is 31.1. The van der Waals surface area contributed by atoms with Crippen LogP contribution in [-0.4, -0.2) is 0 Å². The fraction of sp³-hybridized carbons (Fsp3) is 0.120. The second kappa shape index (κ2) is 13.8. The number of hydrogen-bond donors (Lipinski definition) is 0. The summed E-state index contributed by atoms with van der Waals surface area (Å²) in [7, 11) is 0. The molecule has 0 amide bonds. The molecular weight excluding hydrogens is 615 g/mol. The Morgan fingerprint density at radius 1 is 0.373 bits per heavy atom. The average Bonchev–Trinajstić information content (AvgIpc) is 3.22. The van der Waals surface area contributed by atoms with E-state index in [9.17, 15) is 0 Å². The van der Waals surface area contributed by atoms with Crippen LogP contribution in [0.1, 0.15) is 43.6 Å². The summed E-state index contributed by atoms with van der Waals surface area (Å²) in [5.41, 5.74) is 12.4. The van der Waals surface area contributed by atoms with E-state index >= 15 is 0 Å². The van der Waals surface area contributed by atoms with Gasteiger partial charge in [-0.1, -0.05) is 177 Å². The van der Waals surface area contributed by atoms with E-state index in [1.54, 1.807) is 0 Å². The van der Waals surface area contributed by atoms with Crippen molar-refractivity contribution >= 4 is 38.6 Å². The summed E-state index contributed by atoms with van der Waals surface area (Å²) in [6.07, 6.45) is 6.53. The van der Waals surface area contributed by atoms with Crippen molar-refractivity contribution in [1.82, 2.24) is 0 Å². The van der Waals surface area contributed by atoms with Crippen LogP contribution >= 0.6 is 0 Å². The van der Waals surface area contributed by atoms with E-state index in [1.807, 2.05) is 0 Å². The van der Waals surface area contributed by atoms with Crippen LogP contribution in [0, 0.1) is 0 Å². The van der Waals surface area contributed by atoms with Crippen molar-refractivity contribution < 1.29 is 0 Å². The molecule has 1 saturated carbocycles. The molecule has 51 heavy (non-hydrogen) atoms. The van der Waals surface area contributed by atoms with Gasteiger partial charge in [0.2, 0.25) is 0 Å². The van der Waals surface area contributed by atoms with Gasteiger partial charge in [0, 0.05) is 16.8 Å². The lowest BCUT2D eigenvalue weighted by molar-refractivity contribution is 0.445. The smallest absolute Gasteiger partial charge is 0.0540 e. The zero-order valence-corrected chi connectivity index (χ0v) is 28.9. The van der Waals surface area contributed by atoms with Crippen molar-refractivity contribution in [2.75, 3.05) is 4.90 Å². The SMILES string of the molecule is c1ccc(-c2ccccc2N(c2ccc(-c3cccc4ccccc34)cc2)c2ccccc2-c2cccc3cccc(C4CCCCC4)c23)cc1. The first-order valence-corrected chi connectivity index (χ1v) is 18.5. The molecule has 0 N–H and O–H groups in total. The number of anilines is 3. The van der Waals surface area contributed by atoms with Gasteiger partial charge in [-0.3, -0.25) is 0 Å². The second-order valence-corrected chi connectivity index (χ2v) is 13.9. The molecule has 0 saturated heterocycles. The summed E-state index contributed by atoms with van der Waals surface area (Å²) in [5.74, 6) is 0.604. The first-order chi connectivity index (χ1) is 25.3. The van der Waals surface area contributed by atoms with Gasteiger partial charge in [0.25, 0.3) is 0 Å². The minimum absolute atomic E-state index is 0.604. The molecular formula is C50H41N. The topological polar surface area (TPSA) is 3.24 Å². The molecule has 9 rings (SSSR count). The molecule has 0 aromatic heterocycles. The second-order valence-electron chi connectivity index (χ2n) is 13.9. The molecule has 0 aliphatic heterocycles. The lowest BCUT2D eigenvalue weighted by Crippen LogP contribution is -2.12. The van der Waals surface area contributed by atoms with Gasteiger partial charge in [0.1, 0.15) is 0 Å². The monoisotopic (exact) mass is 655 g/mol. The summed E-state index contributed by atoms with van der Waals surface area (Å²) in [6.45, 7) is 0. The summed E-state index contributed by atoms with van der Waals surface area (Å²) in [4.78, 5) is 2.48. The summed E-state index contributed by atoms with van der Waals surface area (Å²) in [5, 5.41) is 5.26. The maximum Gasteiger partial charge on any atom is 0.0540 e. The molecule has 8 aromatic rings. The molecule has 1 fully saturated rings. The van der Waals surface area contributed by atoms with Gasteiger partial charge in [-0.25, -0.2) is 0 Å². The Labute approximate surface area is 301 Å². The number of nitrogens with zero attached hydrogens (tertiary/aromatic N) is 1. The van der Waals surface area contributed by atoms with Crippen molar-refractivity contribution in [3.8, 4) is 33.4 Å². The van der Waals surface area contributed by atoms with Gasteiger partial charge in [-0.15, -0.1) is 0 Å². The number of para-hydroxylation sites is 2. The molecule has 0 heterocycles. The average molecular weight is 656 g/mol. The Morgan fingerprint density at radius 2 is 0.922 bits per heavy atom. The number of fused-ring (bicyclic) bond motifs is 2. The molecule has 0 spiro atoms. The van der Waals surface area contributed by atoms with Crippen LogP contribution in [0.2, 0.25) is 0 Å². The van der Waals surface area contributed by atoms with Gasteiger partial charge in [0.15, 0.2) is 0 Å². The Morgan fingerprint density at radius 3 is 1.71 bits per heavy atom. The fourth-order valence-corrected chi connectivity index (χ4v) is 8.45. The lowest BCUT2D eigenvalue weighted by atomic mass is 9.80. The van der Waals surface area contributed by atoms with Crippen LogP contribution in [0.25, 0.3) is 54.9 Å². The molecule has 0 atom stereocenters. The van der Waals surface area contributed by atoms with E-state index in [1.165, 1.54) is 98.3 Å². The fourth-order valence-electron chi connectivity index (χ4n) is 8.45. The maximum absolute atomic E-state index is 2.48. The minimum atomic E-state index is 0.604. The van der Waals surface area contributed by atoms with Crippen molar-refractivity contribution in [1.29, 1.82) is 0 Å². The molecule has 1 heteroatoms. The third kappa shape index (κ3) is 5.89. The van der Waals surface area contributed by atoms with E-state index in [-0.39, 0.29) is 0 Å². The van der Waals surface area contributed by atoms with Gasteiger partial charge in [0.05, 0.1) is 11.4 Å². The van der Waals surface area contributed by atoms with Crippen molar-refractivity contribution in [3.63, 3.8) is 0 Å². The predicted molar refractivity (Wildman–Crippen MR) is 218 cm³/mol. The van der Waals surface area contributed by atoms with Crippen LogP contribution in [0.4, 0.5) is 17.1 Å². The molecule has 0 unspecified atom stereocenters. The van der Waals surface area contributed by atoms with Crippen molar-refractivity contribution in [3.05, 3.63) is 188 Å². The highest BCUT2D eigenvalue weighted by molar-refractivity contribution is 6.04. The third-order valence-electron chi connectivity index (χ3n) is 10.9. The number of benzene rings is 8. The van der Waals surface area contributed by atoms with Crippen LogP contribution in [0.3, 0.4) is 0 Å². The largest absolute Gasteiger partial charge is 0.309 e. The van der Waals surface area contributed by atoms with Gasteiger partial charge < -0.3 is 4.90 Å². The van der Waals surface area contributed by atoms with Gasteiger partial charge in [-0.05, 0) is 92.4 Å².